The number of rotatable bonds is 6. The number of carbonyl (C=O) groups excluding carboxylic acids is 1. The molecule has 0 aliphatic carbocycles. The summed E-state index contributed by atoms with van der Waals surface area (Å²) in [5.41, 5.74) is 0.543. The summed E-state index contributed by atoms with van der Waals surface area (Å²) in [5.74, 6) is 0.590. The van der Waals surface area contributed by atoms with Crippen molar-refractivity contribution < 1.29 is 4.79 Å². The van der Waals surface area contributed by atoms with Crippen molar-refractivity contribution in [2.24, 2.45) is 5.92 Å². The molecule has 0 radical (unpaired) electrons. The highest BCUT2D eigenvalue weighted by Crippen LogP contribution is 2.18. The maximum Gasteiger partial charge on any atom is 0.228 e. The Balaban J connectivity index is 2.13. The molecule has 2 heterocycles. The first-order valence-corrected chi connectivity index (χ1v) is 7.76. The molecule has 0 aliphatic rings. The second kappa shape index (κ2) is 7.36. The Morgan fingerprint density at radius 1 is 1.24 bits per heavy atom. The first-order chi connectivity index (χ1) is 10.1. The van der Waals surface area contributed by atoms with E-state index in [4.69, 9.17) is 11.6 Å². The Bertz CT molecular complexity index is 630. The van der Waals surface area contributed by atoms with Crippen LogP contribution in [0.3, 0.4) is 0 Å². The zero-order valence-corrected chi connectivity index (χ0v) is 13.2. The number of carbonyl (C=O) groups is 1. The third-order valence-electron chi connectivity index (χ3n) is 3.54. The van der Waals surface area contributed by atoms with Crippen LogP contribution in [0.25, 0.3) is 11.0 Å². The minimum atomic E-state index is 0.0276. The molecule has 0 bridgehead atoms. The van der Waals surface area contributed by atoms with Gasteiger partial charge in [0.1, 0.15) is 11.0 Å². The Hall–Kier alpha value is -1.68. The predicted molar refractivity (Wildman–Crippen MR) is 86.5 cm³/mol. The molecule has 112 valence electrons. The molecule has 0 fully saturated rings. The molecule has 1 atom stereocenters. The van der Waals surface area contributed by atoms with E-state index >= 15 is 0 Å². The van der Waals surface area contributed by atoms with E-state index in [2.05, 4.69) is 22.2 Å². The Kier molecular flexibility index (Phi) is 5.51. The summed E-state index contributed by atoms with van der Waals surface area (Å²) < 4.78 is 0. The predicted octanol–water partition coefficient (Wildman–Crippen LogP) is 4.44. The second-order valence-corrected chi connectivity index (χ2v) is 5.50. The number of unbranched alkanes of at least 4 members (excludes halogenated alkanes) is 1. The smallest absolute Gasteiger partial charge is 0.228 e. The molecule has 21 heavy (non-hydrogen) atoms. The number of anilines is 1. The molecule has 5 heteroatoms. The molecule has 1 N–H and O–H groups in total. The van der Waals surface area contributed by atoms with Crippen LogP contribution in [0.2, 0.25) is 5.15 Å². The molecule has 0 aliphatic heterocycles. The number of hydrogen-bond donors (Lipinski definition) is 1. The average molecular weight is 306 g/mol. The number of nitrogens with one attached hydrogen (secondary N) is 1. The van der Waals surface area contributed by atoms with E-state index in [-0.39, 0.29) is 11.8 Å². The quantitative estimate of drug-likeness (QED) is 0.803. The van der Waals surface area contributed by atoms with Crippen molar-refractivity contribution in [3.05, 3.63) is 29.4 Å². The molecule has 0 spiro atoms. The summed E-state index contributed by atoms with van der Waals surface area (Å²) in [7, 11) is 0. The molecule has 0 saturated carbocycles. The number of fused-ring (bicyclic) bond motifs is 1. The lowest BCUT2D eigenvalue weighted by Crippen LogP contribution is -2.22. The van der Waals surface area contributed by atoms with Gasteiger partial charge in [-0.3, -0.25) is 4.79 Å². The van der Waals surface area contributed by atoms with Crippen molar-refractivity contribution in [3.63, 3.8) is 0 Å². The number of halogens is 1. The molecule has 2 aromatic heterocycles. The standard InChI is InChI=1S/C16H20ClN3O/c1-3-5-6-11(4-2)16(21)20-14-10-8-12-7-9-13(17)18-15(12)19-14/h7-11H,3-6H2,1-2H3,(H,18,19,20,21). The lowest BCUT2D eigenvalue weighted by molar-refractivity contribution is -0.120. The SMILES string of the molecule is CCCCC(CC)C(=O)Nc1ccc2ccc(Cl)nc2n1. The van der Waals surface area contributed by atoms with Gasteiger partial charge in [-0.25, -0.2) is 9.97 Å². The van der Waals surface area contributed by atoms with E-state index in [0.29, 0.717) is 16.6 Å². The van der Waals surface area contributed by atoms with Gasteiger partial charge in [0.25, 0.3) is 0 Å². The van der Waals surface area contributed by atoms with Gasteiger partial charge in [0.05, 0.1) is 0 Å². The van der Waals surface area contributed by atoms with Gasteiger partial charge in [-0.05, 0) is 37.1 Å². The van der Waals surface area contributed by atoms with Gasteiger partial charge in [-0.1, -0.05) is 38.3 Å². The largest absolute Gasteiger partial charge is 0.310 e. The van der Waals surface area contributed by atoms with E-state index < -0.39 is 0 Å². The van der Waals surface area contributed by atoms with Crippen molar-refractivity contribution in [2.75, 3.05) is 5.32 Å². The van der Waals surface area contributed by atoms with E-state index in [1.807, 2.05) is 19.1 Å². The minimum absolute atomic E-state index is 0.0276. The lowest BCUT2D eigenvalue weighted by Gasteiger charge is -2.14. The van der Waals surface area contributed by atoms with Crippen molar-refractivity contribution in [1.29, 1.82) is 0 Å². The molecular weight excluding hydrogens is 286 g/mol. The van der Waals surface area contributed by atoms with Gasteiger partial charge in [-0.15, -0.1) is 0 Å². The van der Waals surface area contributed by atoms with Crippen molar-refractivity contribution >= 4 is 34.4 Å². The fourth-order valence-electron chi connectivity index (χ4n) is 2.24. The molecule has 0 saturated heterocycles. The van der Waals surface area contributed by atoms with Crippen LogP contribution in [0.15, 0.2) is 24.3 Å². The van der Waals surface area contributed by atoms with Gasteiger partial charge in [0.15, 0.2) is 5.65 Å². The molecule has 2 aromatic rings. The summed E-state index contributed by atoms with van der Waals surface area (Å²) in [6.07, 6.45) is 3.91. The van der Waals surface area contributed by atoms with Crippen LogP contribution in [0.4, 0.5) is 5.82 Å². The fraction of sp³-hybridized carbons (Fsp3) is 0.438. The van der Waals surface area contributed by atoms with E-state index in [1.54, 1.807) is 12.1 Å². The second-order valence-electron chi connectivity index (χ2n) is 5.11. The first kappa shape index (κ1) is 15.7. The number of amides is 1. The molecule has 4 nitrogen and oxygen atoms in total. The third-order valence-corrected chi connectivity index (χ3v) is 3.75. The van der Waals surface area contributed by atoms with Crippen LogP contribution in [-0.2, 0) is 4.79 Å². The van der Waals surface area contributed by atoms with Crippen molar-refractivity contribution in [3.8, 4) is 0 Å². The summed E-state index contributed by atoms with van der Waals surface area (Å²) in [4.78, 5) is 20.8. The zero-order valence-electron chi connectivity index (χ0n) is 12.4. The van der Waals surface area contributed by atoms with Crippen LogP contribution < -0.4 is 5.32 Å². The molecular formula is C16H20ClN3O. The highest BCUT2D eigenvalue weighted by atomic mass is 35.5. The van der Waals surface area contributed by atoms with Crippen LogP contribution >= 0.6 is 11.6 Å². The van der Waals surface area contributed by atoms with Crippen LogP contribution in [0.5, 0.6) is 0 Å². The molecule has 2 rings (SSSR count). The number of nitrogens with zero attached hydrogens (tertiary/aromatic N) is 2. The molecule has 0 aromatic carbocycles. The lowest BCUT2D eigenvalue weighted by atomic mass is 9.98. The Morgan fingerprint density at radius 2 is 2.00 bits per heavy atom. The molecule has 1 amide bonds. The summed E-state index contributed by atoms with van der Waals surface area (Å²) in [6, 6.07) is 7.26. The van der Waals surface area contributed by atoms with Crippen LogP contribution in [0.1, 0.15) is 39.5 Å². The molecule has 1 unspecified atom stereocenters. The van der Waals surface area contributed by atoms with Crippen molar-refractivity contribution in [2.45, 2.75) is 39.5 Å². The van der Waals surface area contributed by atoms with Crippen LogP contribution in [0, 0.1) is 5.92 Å². The van der Waals surface area contributed by atoms with Crippen molar-refractivity contribution in [1.82, 2.24) is 9.97 Å². The van der Waals surface area contributed by atoms with Gasteiger partial charge in [0.2, 0.25) is 5.91 Å². The number of hydrogen-bond acceptors (Lipinski definition) is 3. The average Bonchev–Trinajstić information content (AvgIpc) is 2.47. The Morgan fingerprint density at radius 3 is 2.71 bits per heavy atom. The van der Waals surface area contributed by atoms with E-state index in [9.17, 15) is 4.79 Å². The number of aromatic nitrogens is 2. The van der Waals surface area contributed by atoms with Gasteiger partial charge >= 0.3 is 0 Å². The maximum absolute atomic E-state index is 12.3. The number of pyridine rings is 2. The normalized spacial score (nSPS) is 12.3. The van der Waals surface area contributed by atoms with E-state index in [0.717, 1.165) is 31.1 Å². The van der Waals surface area contributed by atoms with Gasteiger partial charge < -0.3 is 5.32 Å². The monoisotopic (exact) mass is 305 g/mol. The maximum atomic E-state index is 12.3. The third kappa shape index (κ3) is 4.14. The topological polar surface area (TPSA) is 54.9 Å². The zero-order chi connectivity index (χ0) is 15.2. The fourth-order valence-corrected chi connectivity index (χ4v) is 2.39. The Labute approximate surface area is 129 Å². The summed E-state index contributed by atoms with van der Waals surface area (Å²) in [6.45, 7) is 4.17. The van der Waals surface area contributed by atoms with Crippen LogP contribution in [-0.4, -0.2) is 15.9 Å². The van der Waals surface area contributed by atoms with Gasteiger partial charge in [0, 0.05) is 11.3 Å². The summed E-state index contributed by atoms with van der Waals surface area (Å²) >= 11 is 5.87. The van der Waals surface area contributed by atoms with E-state index in [1.165, 1.54) is 0 Å². The highest BCUT2D eigenvalue weighted by molar-refractivity contribution is 6.29. The first-order valence-electron chi connectivity index (χ1n) is 7.38. The highest BCUT2D eigenvalue weighted by Gasteiger charge is 2.16. The van der Waals surface area contributed by atoms with Gasteiger partial charge in [-0.2, -0.15) is 0 Å². The summed E-state index contributed by atoms with van der Waals surface area (Å²) in [5, 5.41) is 4.18. The minimum Gasteiger partial charge on any atom is -0.310 e.